The lowest BCUT2D eigenvalue weighted by Gasteiger charge is -2.03. The first-order chi connectivity index (χ1) is 8.13. The van der Waals surface area contributed by atoms with Crippen molar-refractivity contribution in [1.29, 1.82) is 0 Å². The number of halogens is 2. The molecule has 0 saturated heterocycles. The fourth-order valence-corrected chi connectivity index (χ4v) is 2.18. The first-order valence-electron chi connectivity index (χ1n) is 5.01. The molecule has 0 aliphatic heterocycles. The van der Waals surface area contributed by atoms with E-state index in [4.69, 9.17) is 4.84 Å². The number of carbonyl (C=O) groups is 1. The summed E-state index contributed by atoms with van der Waals surface area (Å²) in [4.78, 5) is 19.7. The third kappa shape index (κ3) is 2.53. The van der Waals surface area contributed by atoms with Crippen LogP contribution in [0.3, 0.4) is 0 Å². The van der Waals surface area contributed by atoms with Crippen molar-refractivity contribution in [2.75, 3.05) is 6.61 Å². The van der Waals surface area contributed by atoms with Crippen molar-refractivity contribution in [2.24, 2.45) is 0 Å². The molecule has 0 fully saturated rings. The van der Waals surface area contributed by atoms with E-state index in [1.54, 1.807) is 6.20 Å². The van der Waals surface area contributed by atoms with Gasteiger partial charge in [0.1, 0.15) is 0 Å². The summed E-state index contributed by atoms with van der Waals surface area (Å²) in [5.41, 5.74) is 3.82. The molecular formula is C11H10Br2N2O2. The molecule has 0 spiro atoms. The van der Waals surface area contributed by atoms with E-state index in [-0.39, 0.29) is 5.91 Å². The predicted molar refractivity (Wildman–Crippen MR) is 72.8 cm³/mol. The van der Waals surface area contributed by atoms with Crippen LogP contribution in [0.1, 0.15) is 17.3 Å². The van der Waals surface area contributed by atoms with E-state index in [9.17, 15) is 4.79 Å². The van der Waals surface area contributed by atoms with Crippen LogP contribution in [-0.2, 0) is 4.84 Å². The molecule has 0 bridgehead atoms. The summed E-state index contributed by atoms with van der Waals surface area (Å²) >= 11 is 6.83. The van der Waals surface area contributed by atoms with Crippen LogP contribution < -0.4 is 5.48 Å². The molecular weight excluding hydrogens is 352 g/mol. The van der Waals surface area contributed by atoms with Crippen LogP contribution in [0.25, 0.3) is 10.9 Å². The predicted octanol–water partition coefficient (Wildman–Crippen LogP) is 3.37. The molecule has 4 nitrogen and oxygen atoms in total. The molecule has 1 aromatic heterocycles. The Bertz CT molecular complexity index is 566. The zero-order chi connectivity index (χ0) is 12.4. The SMILES string of the molecule is CCONC(=O)c1c[nH]c2cc(Br)c(Br)cc12. The molecule has 0 aliphatic carbocycles. The van der Waals surface area contributed by atoms with E-state index >= 15 is 0 Å². The van der Waals surface area contributed by atoms with Crippen molar-refractivity contribution in [2.45, 2.75) is 6.92 Å². The fraction of sp³-hybridized carbons (Fsp3) is 0.182. The van der Waals surface area contributed by atoms with Crippen LogP contribution in [0.4, 0.5) is 0 Å². The third-order valence-electron chi connectivity index (χ3n) is 2.28. The summed E-state index contributed by atoms with van der Waals surface area (Å²) in [7, 11) is 0. The van der Waals surface area contributed by atoms with Gasteiger partial charge in [0.2, 0.25) is 0 Å². The number of H-pyrrole nitrogens is 1. The van der Waals surface area contributed by atoms with E-state index in [1.807, 2.05) is 19.1 Å². The molecule has 90 valence electrons. The Balaban J connectivity index is 2.42. The van der Waals surface area contributed by atoms with Crippen LogP contribution in [-0.4, -0.2) is 17.5 Å². The van der Waals surface area contributed by atoms with Crippen LogP contribution in [0.5, 0.6) is 0 Å². The van der Waals surface area contributed by atoms with Gasteiger partial charge in [-0.05, 0) is 50.9 Å². The number of hydrogen-bond acceptors (Lipinski definition) is 2. The standard InChI is InChI=1S/C11H10Br2N2O2/c1-2-17-15-11(16)7-5-14-10-4-9(13)8(12)3-6(7)10/h3-5,14H,2H2,1H3,(H,15,16). The van der Waals surface area contributed by atoms with Crippen molar-refractivity contribution < 1.29 is 9.63 Å². The number of benzene rings is 1. The summed E-state index contributed by atoms with van der Waals surface area (Å²) in [6.45, 7) is 2.24. The second-order valence-corrected chi connectivity index (χ2v) is 5.09. The van der Waals surface area contributed by atoms with Gasteiger partial charge < -0.3 is 4.98 Å². The number of nitrogens with one attached hydrogen (secondary N) is 2. The van der Waals surface area contributed by atoms with Crippen molar-refractivity contribution in [3.8, 4) is 0 Å². The zero-order valence-electron chi connectivity index (χ0n) is 9.01. The summed E-state index contributed by atoms with van der Waals surface area (Å²) < 4.78 is 1.83. The van der Waals surface area contributed by atoms with Crippen LogP contribution in [0.15, 0.2) is 27.3 Å². The molecule has 1 heterocycles. The minimum atomic E-state index is -0.257. The lowest BCUT2D eigenvalue weighted by Crippen LogP contribution is -2.23. The van der Waals surface area contributed by atoms with Gasteiger partial charge >= 0.3 is 0 Å². The second kappa shape index (κ2) is 5.20. The highest BCUT2D eigenvalue weighted by Gasteiger charge is 2.13. The first-order valence-corrected chi connectivity index (χ1v) is 6.60. The number of carbonyl (C=O) groups excluding carboxylic acids is 1. The van der Waals surface area contributed by atoms with E-state index in [0.29, 0.717) is 12.2 Å². The van der Waals surface area contributed by atoms with Crippen LogP contribution in [0.2, 0.25) is 0 Å². The molecule has 2 rings (SSSR count). The summed E-state index contributed by atoms with van der Waals surface area (Å²) in [5.74, 6) is -0.257. The molecule has 0 saturated carbocycles. The summed E-state index contributed by atoms with van der Waals surface area (Å²) in [6, 6.07) is 3.80. The zero-order valence-corrected chi connectivity index (χ0v) is 12.2. The van der Waals surface area contributed by atoms with Crippen LogP contribution >= 0.6 is 31.9 Å². The third-order valence-corrected chi connectivity index (χ3v) is 4.12. The molecule has 6 heteroatoms. The Morgan fingerprint density at radius 1 is 1.41 bits per heavy atom. The van der Waals surface area contributed by atoms with Crippen molar-refractivity contribution in [3.63, 3.8) is 0 Å². The molecule has 0 aliphatic rings. The maximum Gasteiger partial charge on any atom is 0.277 e. The van der Waals surface area contributed by atoms with Crippen molar-refractivity contribution in [1.82, 2.24) is 10.5 Å². The van der Waals surface area contributed by atoms with Gasteiger partial charge in [0.25, 0.3) is 5.91 Å². The number of aromatic amines is 1. The summed E-state index contributed by atoms with van der Waals surface area (Å²) in [5, 5.41) is 0.845. The topological polar surface area (TPSA) is 54.1 Å². The molecule has 2 N–H and O–H groups in total. The van der Waals surface area contributed by atoms with Gasteiger partial charge in [-0.2, -0.15) is 0 Å². The Hall–Kier alpha value is -0.850. The first kappa shape index (κ1) is 12.6. The van der Waals surface area contributed by atoms with Gasteiger partial charge in [0, 0.05) is 26.0 Å². The molecule has 2 aromatic rings. The molecule has 17 heavy (non-hydrogen) atoms. The smallest absolute Gasteiger partial charge is 0.277 e. The number of hydrogen-bond donors (Lipinski definition) is 2. The van der Waals surface area contributed by atoms with Crippen LogP contribution in [0, 0.1) is 0 Å². The number of aromatic nitrogens is 1. The normalized spacial score (nSPS) is 10.8. The monoisotopic (exact) mass is 360 g/mol. The number of fused-ring (bicyclic) bond motifs is 1. The van der Waals surface area contributed by atoms with Gasteiger partial charge in [0.05, 0.1) is 12.2 Å². The Morgan fingerprint density at radius 3 is 2.82 bits per heavy atom. The average molecular weight is 362 g/mol. The van der Waals surface area contributed by atoms with E-state index < -0.39 is 0 Å². The largest absolute Gasteiger partial charge is 0.360 e. The number of amides is 1. The maximum atomic E-state index is 11.8. The highest BCUT2D eigenvalue weighted by atomic mass is 79.9. The lowest BCUT2D eigenvalue weighted by atomic mass is 10.2. The van der Waals surface area contributed by atoms with Gasteiger partial charge in [-0.25, -0.2) is 5.48 Å². The van der Waals surface area contributed by atoms with E-state index in [1.165, 1.54) is 0 Å². The van der Waals surface area contributed by atoms with E-state index in [0.717, 1.165) is 19.8 Å². The highest BCUT2D eigenvalue weighted by molar-refractivity contribution is 9.13. The lowest BCUT2D eigenvalue weighted by molar-refractivity contribution is 0.0366. The van der Waals surface area contributed by atoms with Gasteiger partial charge in [0.15, 0.2) is 0 Å². The van der Waals surface area contributed by atoms with Gasteiger partial charge in [-0.3, -0.25) is 9.63 Å². The Morgan fingerprint density at radius 2 is 2.12 bits per heavy atom. The summed E-state index contributed by atoms with van der Waals surface area (Å²) in [6.07, 6.45) is 1.66. The fourth-order valence-electron chi connectivity index (χ4n) is 1.50. The van der Waals surface area contributed by atoms with E-state index in [2.05, 4.69) is 42.3 Å². The average Bonchev–Trinajstić information content (AvgIpc) is 2.69. The molecule has 0 unspecified atom stereocenters. The number of rotatable bonds is 3. The maximum absolute atomic E-state index is 11.8. The van der Waals surface area contributed by atoms with Gasteiger partial charge in [-0.1, -0.05) is 0 Å². The molecule has 0 atom stereocenters. The highest BCUT2D eigenvalue weighted by Crippen LogP contribution is 2.29. The minimum absolute atomic E-state index is 0.257. The Kier molecular flexibility index (Phi) is 3.86. The van der Waals surface area contributed by atoms with Crippen molar-refractivity contribution >= 4 is 48.7 Å². The quantitative estimate of drug-likeness (QED) is 0.823. The Labute approximate surface area is 115 Å². The number of hydroxylamine groups is 1. The molecule has 1 amide bonds. The molecule has 0 radical (unpaired) electrons. The van der Waals surface area contributed by atoms with Crippen molar-refractivity contribution in [3.05, 3.63) is 32.8 Å². The second-order valence-electron chi connectivity index (χ2n) is 3.38. The van der Waals surface area contributed by atoms with Gasteiger partial charge in [-0.15, -0.1) is 0 Å². The molecule has 1 aromatic carbocycles. The minimum Gasteiger partial charge on any atom is -0.360 e.